The number of amides is 6. The fourth-order valence-corrected chi connectivity index (χ4v) is 5.11. The summed E-state index contributed by atoms with van der Waals surface area (Å²) in [6, 6.07) is -6.61. The Bertz CT molecular complexity index is 1080. The molecule has 0 heterocycles. The summed E-state index contributed by atoms with van der Waals surface area (Å²) in [6.45, 7) is 5.83. The van der Waals surface area contributed by atoms with E-state index in [9.17, 15) is 38.7 Å². The Morgan fingerprint density at radius 2 is 1.10 bits per heavy atom. The first-order valence-corrected chi connectivity index (χ1v) is 18.2. The Balaban J connectivity index is 6.17. The van der Waals surface area contributed by atoms with Crippen LogP contribution in [-0.2, 0) is 33.6 Å². The number of carbonyl (C=O) groups excluding carboxylic acids is 6. The smallest absolute Gasteiger partial charge is 0.326 e. The molecule has 0 aliphatic heterocycles. The van der Waals surface area contributed by atoms with E-state index in [4.69, 9.17) is 22.9 Å². The standard InChI is InChI=1S/C31H59N9O8S/c1-5-18(2)25(40-26(42)19(3)34)30(46)38-21(11-7-9-16-33)28(44)36-20(10-6-8-15-32)27(43)37-22(14-17-49-4)29(45)39-23(31(47)48)12-13-24(35)41/h18-23,25H,5-17,32-34H2,1-4H3,(H2,35,41)(H,36,44)(H,37,43)(H,38,46)(H,39,45)(H,40,42)(H,47,48)/t18-,19-,20-,21-,22-,23-,25-/m0/s1. The van der Waals surface area contributed by atoms with E-state index in [1.807, 2.05) is 6.92 Å². The van der Waals surface area contributed by atoms with Crippen LogP contribution in [-0.4, -0.2) is 108 Å². The lowest BCUT2D eigenvalue weighted by atomic mass is 9.97. The predicted molar refractivity (Wildman–Crippen MR) is 188 cm³/mol. The van der Waals surface area contributed by atoms with Gasteiger partial charge in [0, 0.05) is 6.42 Å². The second-order valence-corrected chi connectivity index (χ2v) is 13.1. The minimum atomic E-state index is -1.41. The highest BCUT2D eigenvalue weighted by atomic mass is 32.2. The highest BCUT2D eigenvalue weighted by Crippen LogP contribution is 2.12. The minimum Gasteiger partial charge on any atom is -0.480 e. The summed E-state index contributed by atoms with van der Waals surface area (Å²) >= 11 is 1.40. The van der Waals surface area contributed by atoms with Crippen molar-refractivity contribution in [2.75, 3.05) is 25.1 Å². The van der Waals surface area contributed by atoms with Gasteiger partial charge in [0.05, 0.1) is 6.04 Å². The van der Waals surface area contributed by atoms with Crippen LogP contribution < -0.4 is 49.5 Å². The normalized spacial score (nSPS) is 15.3. The molecule has 17 nitrogen and oxygen atoms in total. The molecule has 282 valence electrons. The zero-order valence-corrected chi connectivity index (χ0v) is 30.1. The molecule has 6 amide bonds. The van der Waals surface area contributed by atoms with Crippen molar-refractivity contribution in [2.24, 2.45) is 28.9 Å². The predicted octanol–water partition coefficient (Wildman–Crippen LogP) is -1.84. The Morgan fingerprint density at radius 1 is 0.653 bits per heavy atom. The van der Waals surface area contributed by atoms with Gasteiger partial charge in [-0.05, 0) is 89.3 Å². The molecular weight excluding hydrogens is 658 g/mol. The Morgan fingerprint density at radius 3 is 1.49 bits per heavy atom. The van der Waals surface area contributed by atoms with Gasteiger partial charge in [-0.2, -0.15) is 11.8 Å². The molecular formula is C31H59N9O8S. The van der Waals surface area contributed by atoms with Crippen LogP contribution >= 0.6 is 11.8 Å². The fourth-order valence-electron chi connectivity index (χ4n) is 4.64. The van der Waals surface area contributed by atoms with E-state index in [1.165, 1.54) is 18.7 Å². The van der Waals surface area contributed by atoms with Crippen LogP contribution in [0.25, 0.3) is 0 Å². The highest BCUT2D eigenvalue weighted by Gasteiger charge is 2.33. The molecule has 0 unspecified atom stereocenters. The third-order valence-corrected chi connectivity index (χ3v) is 8.55. The number of aliphatic carboxylic acids is 1. The Kier molecular flexibility index (Phi) is 23.7. The molecule has 0 aromatic rings. The van der Waals surface area contributed by atoms with Crippen molar-refractivity contribution in [3.8, 4) is 0 Å². The number of unbranched alkanes of at least 4 members (excludes halogenated alkanes) is 2. The van der Waals surface area contributed by atoms with E-state index in [2.05, 4.69) is 26.6 Å². The van der Waals surface area contributed by atoms with Crippen molar-refractivity contribution in [2.45, 2.75) is 121 Å². The van der Waals surface area contributed by atoms with Gasteiger partial charge in [0.1, 0.15) is 30.2 Å². The third-order valence-electron chi connectivity index (χ3n) is 7.90. The van der Waals surface area contributed by atoms with E-state index >= 15 is 0 Å². The number of thioether (sulfide) groups is 1. The second-order valence-electron chi connectivity index (χ2n) is 12.1. The minimum absolute atomic E-state index is 0.145. The van der Waals surface area contributed by atoms with Gasteiger partial charge in [0.25, 0.3) is 0 Å². The van der Waals surface area contributed by atoms with E-state index < -0.39 is 77.7 Å². The molecule has 0 aliphatic rings. The van der Waals surface area contributed by atoms with Gasteiger partial charge >= 0.3 is 5.97 Å². The lowest BCUT2D eigenvalue weighted by Crippen LogP contribution is -2.60. The summed E-state index contributed by atoms with van der Waals surface area (Å²) in [6.07, 6.45) is 4.39. The molecule has 0 aromatic heterocycles. The molecule has 0 rings (SSSR count). The quantitative estimate of drug-likeness (QED) is 0.0420. The molecule has 49 heavy (non-hydrogen) atoms. The van der Waals surface area contributed by atoms with Crippen LogP contribution in [0.4, 0.5) is 0 Å². The number of hydrogen-bond acceptors (Lipinski definition) is 11. The average molecular weight is 718 g/mol. The van der Waals surface area contributed by atoms with Crippen LogP contribution in [0.2, 0.25) is 0 Å². The van der Waals surface area contributed by atoms with E-state index in [1.54, 1.807) is 13.2 Å². The molecule has 14 N–H and O–H groups in total. The molecule has 0 bridgehead atoms. The summed E-state index contributed by atoms with van der Waals surface area (Å²) in [7, 11) is 0. The number of carboxylic acid groups (broad SMARTS) is 1. The molecule has 0 spiro atoms. The van der Waals surface area contributed by atoms with Crippen molar-refractivity contribution in [1.82, 2.24) is 26.6 Å². The maximum absolute atomic E-state index is 13.7. The third kappa shape index (κ3) is 18.7. The van der Waals surface area contributed by atoms with E-state index in [0.717, 1.165) is 0 Å². The number of carboxylic acids is 1. The van der Waals surface area contributed by atoms with Gasteiger partial charge in [-0.1, -0.05) is 20.3 Å². The highest BCUT2D eigenvalue weighted by molar-refractivity contribution is 7.98. The van der Waals surface area contributed by atoms with Gasteiger partial charge in [0.15, 0.2) is 0 Å². The maximum atomic E-state index is 13.7. The van der Waals surface area contributed by atoms with Crippen LogP contribution in [0.3, 0.4) is 0 Å². The van der Waals surface area contributed by atoms with Crippen LogP contribution in [0.1, 0.15) is 85.0 Å². The van der Waals surface area contributed by atoms with Crippen molar-refractivity contribution in [3.05, 3.63) is 0 Å². The molecule has 0 saturated heterocycles. The van der Waals surface area contributed by atoms with Crippen LogP contribution in [0, 0.1) is 5.92 Å². The number of primary amides is 1. The first-order valence-electron chi connectivity index (χ1n) is 16.8. The molecule has 18 heteroatoms. The van der Waals surface area contributed by atoms with E-state index in [0.29, 0.717) is 50.9 Å². The van der Waals surface area contributed by atoms with Gasteiger partial charge in [0.2, 0.25) is 35.4 Å². The fraction of sp³-hybridized carbons (Fsp3) is 0.774. The van der Waals surface area contributed by atoms with Gasteiger partial charge in [-0.25, -0.2) is 4.79 Å². The summed E-state index contributed by atoms with van der Waals surface area (Å²) < 4.78 is 0. The molecule has 7 atom stereocenters. The summed E-state index contributed by atoms with van der Waals surface area (Å²) in [5, 5.41) is 22.6. The number of nitrogens with one attached hydrogen (secondary N) is 5. The first-order chi connectivity index (χ1) is 23.1. The Labute approximate surface area is 293 Å². The number of rotatable bonds is 27. The molecule has 0 saturated carbocycles. The Hall–Kier alpha value is -3.48. The van der Waals surface area contributed by atoms with Crippen LogP contribution in [0.15, 0.2) is 0 Å². The van der Waals surface area contributed by atoms with Crippen molar-refractivity contribution >= 4 is 53.2 Å². The summed E-state index contributed by atoms with van der Waals surface area (Å²) in [5.74, 6) is -5.17. The number of hydrogen-bond donors (Lipinski definition) is 10. The van der Waals surface area contributed by atoms with Gasteiger partial charge < -0.3 is 54.6 Å². The topological polar surface area (TPSA) is 304 Å². The molecule has 0 fully saturated rings. The second kappa shape index (κ2) is 25.5. The number of nitrogens with two attached hydrogens (primary N) is 4. The maximum Gasteiger partial charge on any atom is 0.326 e. The summed E-state index contributed by atoms with van der Waals surface area (Å²) in [4.78, 5) is 89.2. The first kappa shape index (κ1) is 45.5. The SMILES string of the molecule is CC[C@H](C)[C@H](NC(=O)[C@H](C)N)C(=O)N[C@@H](CCCCN)C(=O)N[C@@H](CCCCN)C(=O)N[C@@H](CCSC)C(=O)N[C@@H](CCC(N)=O)C(=O)O. The number of carbonyl (C=O) groups is 7. The van der Waals surface area contributed by atoms with Crippen LogP contribution in [0.5, 0.6) is 0 Å². The van der Waals surface area contributed by atoms with Crippen molar-refractivity contribution < 1.29 is 38.7 Å². The monoisotopic (exact) mass is 717 g/mol. The molecule has 0 aromatic carbocycles. The average Bonchev–Trinajstić information content (AvgIpc) is 3.05. The van der Waals surface area contributed by atoms with Gasteiger partial charge in [-0.3, -0.25) is 28.8 Å². The summed E-state index contributed by atoms with van der Waals surface area (Å²) in [5.41, 5.74) is 22.1. The van der Waals surface area contributed by atoms with E-state index in [-0.39, 0.29) is 38.0 Å². The largest absolute Gasteiger partial charge is 0.480 e. The molecule has 0 radical (unpaired) electrons. The van der Waals surface area contributed by atoms with Gasteiger partial charge in [-0.15, -0.1) is 0 Å². The lowest BCUT2D eigenvalue weighted by molar-refractivity contribution is -0.142. The van der Waals surface area contributed by atoms with Crippen molar-refractivity contribution in [1.29, 1.82) is 0 Å². The molecule has 0 aliphatic carbocycles. The zero-order valence-electron chi connectivity index (χ0n) is 29.3. The zero-order chi connectivity index (χ0) is 37.5. The lowest BCUT2D eigenvalue weighted by Gasteiger charge is -2.28. The van der Waals surface area contributed by atoms with Crippen molar-refractivity contribution in [3.63, 3.8) is 0 Å².